The van der Waals surface area contributed by atoms with E-state index in [-0.39, 0.29) is 22.9 Å². The molecule has 4 rings (SSSR count). The Morgan fingerprint density at radius 2 is 1.38 bits per heavy atom. The zero-order valence-corrected chi connectivity index (χ0v) is 21.1. The Morgan fingerprint density at radius 1 is 0.853 bits per heavy atom. The van der Waals surface area contributed by atoms with Crippen molar-refractivity contribution in [2.75, 3.05) is 27.2 Å². The highest BCUT2D eigenvalue weighted by atomic mass is 79.9. The maximum absolute atomic E-state index is 11.8. The van der Waals surface area contributed by atoms with Gasteiger partial charge in [-0.1, -0.05) is 84.0 Å². The smallest absolute Gasteiger partial charge is 0.268 e. The first-order valence-electron chi connectivity index (χ1n) is 11.1. The van der Waals surface area contributed by atoms with Crippen molar-refractivity contribution in [3.8, 4) is 5.75 Å². The average Bonchev–Trinajstić information content (AvgIpc) is 3.31. The number of benzene rings is 3. The van der Waals surface area contributed by atoms with E-state index >= 15 is 0 Å². The Labute approximate surface area is 211 Å². The highest BCUT2D eigenvalue weighted by Crippen LogP contribution is 2.35. The maximum Gasteiger partial charge on any atom is 0.268 e. The molecule has 34 heavy (non-hydrogen) atoms. The van der Waals surface area contributed by atoms with Crippen molar-refractivity contribution in [3.05, 3.63) is 114 Å². The summed E-state index contributed by atoms with van der Waals surface area (Å²) in [5.74, 6) is 1.61. The van der Waals surface area contributed by atoms with E-state index in [9.17, 15) is 5.11 Å². The third-order valence-corrected chi connectivity index (χ3v) is 5.65. The summed E-state index contributed by atoms with van der Waals surface area (Å²) >= 11 is 0. The van der Waals surface area contributed by atoms with Gasteiger partial charge in [-0.3, -0.25) is 0 Å². The minimum atomic E-state index is -1.52. The lowest BCUT2D eigenvalue weighted by atomic mass is 9.86. The fourth-order valence-electron chi connectivity index (χ4n) is 3.90. The van der Waals surface area contributed by atoms with Gasteiger partial charge in [-0.2, -0.15) is 4.98 Å². The van der Waals surface area contributed by atoms with Crippen LogP contribution in [-0.2, 0) is 12.1 Å². The summed E-state index contributed by atoms with van der Waals surface area (Å²) in [5.41, 5.74) is -0.162. The molecule has 1 aromatic heterocycles. The number of aromatic nitrogens is 2. The first-order chi connectivity index (χ1) is 16.0. The Balaban J connectivity index is 0.00000324. The van der Waals surface area contributed by atoms with E-state index in [4.69, 9.17) is 9.26 Å². The monoisotopic (exact) mass is 523 g/mol. The normalized spacial score (nSPS) is 11.6. The summed E-state index contributed by atoms with van der Waals surface area (Å²) in [6.45, 7) is 2.11. The second-order valence-electron chi connectivity index (χ2n) is 8.79. The fraction of sp³-hybridized carbons (Fsp3) is 0.259. The number of para-hydroxylation sites is 1. The Morgan fingerprint density at radius 3 is 1.94 bits per heavy atom. The summed E-state index contributed by atoms with van der Waals surface area (Å²) in [4.78, 5) is 4.62. The van der Waals surface area contributed by atoms with Gasteiger partial charge in [-0.05, 0) is 23.3 Å². The van der Waals surface area contributed by atoms with Gasteiger partial charge in [0.15, 0.2) is 5.60 Å². The second kappa shape index (κ2) is 11.4. The van der Waals surface area contributed by atoms with Gasteiger partial charge in [0.2, 0.25) is 5.82 Å². The van der Waals surface area contributed by atoms with Crippen molar-refractivity contribution in [1.82, 2.24) is 10.1 Å². The number of aliphatic hydroxyl groups is 1. The SMILES string of the molecule is C[N+](C)(CCCOc1ccccc1)Cc1noc(C(O)(c2ccccc2)c2ccccc2)n1.[Br-]. The quantitative estimate of drug-likeness (QED) is 0.251. The van der Waals surface area contributed by atoms with Crippen LogP contribution in [0.25, 0.3) is 0 Å². The van der Waals surface area contributed by atoms with Gasteiger partial charge in [0, 0.05) is 6.42 Å². The van der Waals surface area contributed by atoms with Gasteiger partial charge in [0.05, 0.1) is 27.2 Å². The topological polar surface area (TPSA) is 68.4 Å². The first kappa shape index (κ1) is 25.6. The molecule has 0 aliphatic heterocycles. The van der Waals surface area contributed by atoms with Crippen molar-refractivity contribution in [1.29, 1.82) is 0 Å². The van der Waals surface area contributed by atoms with E-state index < -0.39 is 5.60 Å². The van der Waals surface area contributed by atoms with Crippen LogP contribution in [0.4, 0.5) is 0 Å². The van der Waals surface area contributed by atoms with Crippen LogP contribution in [0.1, 0.15) is 29.3 Å². The van der Waals surface area contributed by atoms with Crippen LogP contribution in [0, 0.1) is 0 Å². The Bertz CT molecular complexity index is 1100. The molecule has 0 atom stereocenters. The molecule has 0 radical (unpaired) electrons. The molecule has 0 saturated carbocycles. The van der Waals surface area contributed by atoms with E-state index in [0.717, 1.165) is 18.7 Å². The molecule has 4 aromatic rings. The molecule has 0 amide bonds. The summed E-state index contributed by atoms with van der Waals surface area (Å²) in [6, 6.07) is 28.7. The van der Waals surface area contributed by atoms with Crippen LogP contribution in [-0.4, -0.2) is 47.0 Å². The largest absolute Gasteiger partial charge is 1.00 e. The molecule has 7 heteroatoms. The summed E-state index contributed by atoms with van der Waals surface area (Å²) in [6.07, 6.45) is 0.893. The van der Waals surface area contributed by atoms with Gasteiger partial charge in [-0.15, -0.1) is 0 Å². The number of hydrogen-bond donors (Lipinski definition) is 1. The molecule has 0 bridgehead atoms. The van der Waals surface area contributed by atoms with Crippen LogP contribution >= 0.6 is 0 Å². The zero-order chi connectivity index (χ0) is 23.2. The van der Waals surface area contributed by atoms with Crippen molar-refractivity contribution in [3.63, 3.8) is 0 Å². The second-order valence-corrected chi connectivity index (χ2v) is 8.79. The van der Waals surface area contributed by atoms with E-state index in [1.807, 2.05) is 91.0 Å². The summed E-state index contributed by atoms with van der Waals surface area (Å²) in [7, 11) is 4.25. The van der Waals surface area contributed by atoms with Gasteiger partial charge in [0.1, 0.15) is 12.3 Å². The zero-order valence-electron chi connectivity index (χ0n) is 19.5. The molecule has 0 saturated heterocycles. The predicted octanol–water partition coefficient (Wildman–Crippen LogP) is 1.40. The Kier molecular flexibility index (Phi) is 8.61. The fourth-order valence-corrected chi connectivity index (χ4v) is 3.90. The molecule has 0 aliphatic carbocycles. The van der Waals surface area contributed by atoms with Gasteiger partial charge in [0.25, 0.3) is 5.89 Å². The van der Waals surface area contributed by atoms with Gasteiger partial charge in [-0.25, -0.2) is 0 Å². The van der Waals surface area contributed by atoms with Gasteiger partial charge >= 0.3 is 0 Å². The molecule has 178 valence electrons. The van der Waals surface area contributed by atoms with Crippen molar-refractivity contribution >= 4 is 0 Å². The molecule has 0 aliphatic rings. The summed E-state index contributed by atoms with van der Waals surface area (Å²) < 4.78 is 12.1. The lowest BCUT2D eigenvalue weighted by Crippen LogP contribution is -3.00. The van der Waals surface area contributed by atoms with Crippen molar-refractivity contribution in [2.24, 2.45) is 0 Å². The minimum Gasteiger partial charge on any atom is -1.00 e. The number of nitrogens with zero attached hydrogens (tertiary/aromatic N) is 3. The molecule has 3 aromatic carbocycles. The van der Waals surface area contributed by atoms with Gasteiger partial charge < -0.3 is 35.8 Å². The predicted molar refractivity (Wildman–Crippen MR) is 127 cm³/mol. The van der Waals surface area contributed by atoms with Crippen LogP contribution < -0.4 is 21.7 Å². The minimum absolute atomic E-state index is 0. The van der Waals surface area contributed by atoms with Crippen LogP contribution in [0.3, 0.4) is 0 Å². The van der Waals surface area contributed by atoms with Crippen molar-refractivity contribution in [2.45, 2.75) is 18.6 Å². The maximum atomic E-state index is 11.8. The molecule has 0 unspecified atom stereocenters. The standard InChI is InChI=1S/C27H30N3O3.BrH/c1-30(2,19-12-20-32-24-17-10-5-11-18-24)21-25-28-26(33-29-25)27(31,22-13-6-3-7-14-22)23-15-8-4-9-16-23;/h3-11,13-18,31H,12,19-21H2,1-2H3;1H/q+1;/p-1. The van der Waals surface area contributed by atoms with Crippen LogP contribution in [0.15, 0.2) is 95.5 Å². The number of quaternary nitrogens is 1. The number of ether oxygens (including phenoxy) is 1. The summed E-state index contributed by atoms with van der Waals surface area (Å²) in [5, 5.41) is 16.0. The van der Waals surface area contributed by atoms with Crippen LogP contribution in [0.2, 0.25) is 0 Å². The van der Waals surface area contributed by atoms with Crippen LogP contribution in [0.5, 0.6) is 5.75 Å². The molecule has 0 spiro atoms. The number of rotatable bonds is 10. The highest BCUT2D eigenvalue weighted by Gasteiger charge is 2.40. The lowest BCUT2D eigenvalue weighted by molar-refractivity contribution is -0.904. The molecule has 0 fully saturated rings. The van der Waals surface area contributed by atoms with E-state index in [0.29, 0.717) is 34.6 Å². The number of halogens is 1. The molecular weight excluding hydrogens is 494 g/mol. The Hall–Kier alpha value is -3.00. The lowest BCUT2D eigenvalue weighted by Gasteiger charge is -2.28. The molecular formula is C27H30BrN3O3. The third-order valence-electron chi connectivity index (χ3n) is 5.65. The van der Waals surface area contributed by atoms with E-state index in [1.54, 1.807) is 0 Å². The average molecular weight is 524 g/mol. The van der Waals surface area contributed by atoms with E-state index in [1.165, 1.54) is 0 Å². The highest BCUT2D eigenvalue weighted by molar-refractivity contribution is 5.41. The molecule has 6 nitrogen and oxygen atoms in total. The number of hydrogen-bond acceptors (Lipinski definition) is 5. The third kappa shape index (κ3) is 6.11. The molecule has 1 N–H and O–H groups in total. The van der Waals surface area contributed by atoms with E-state index in [2.05, 4.69) is 24.2 Å². The van der Waals surface area contributed by atoms with Crippen molar-refractivity contribution < 1.29 is 35.8 Å². The first-order valence-corrected chi connectivity index (χ1v) is 11.1. The molecule has 1 heterocycles.